The van der Waals surface area contributed by atoms with Crippen LogP contribution in [0.3, 0.4) is 0 Å². The lowest BCUT2D eigenvalue weighted by atomic mass is 10.0. The summed E-state index contributed by atoms with van der Waals surface area (Å²) in [6.07, 6.45) is 0.829. The standard InChI is InChI=1S/C28H23N3O3/c1-18(2)34-23-13-9-21(10-14-23)25-26(30-16-15-20-5-3-4-6-24(20)30)28(33)31(27(25)32)22-11-7-19(17-29)8-12-22/h3-14,18H,15-16H2,1-2H3. The first kappa shape index (κ1) is 21.5. The number of hydrogen-bond acceptors (Lipinski definition) is 5. The first-order valence-corrected chi connectivity index (χ1v) is 11.2. The van der Waals surface area contributed by atoms with E-state index in [4.69, 9.17) is 10.00 Å². The summed E-state index contributed by atoms with van der Waals surface area (Å²) in [5.41, 5.74) is 4.38. The number of hydrogen-bond donors (Lipinski definition) is 0. The fourth-order valence-electron chi connectivity index (χ4n) is 4.49. The molecule has 0 aromatic heterocycles. The maximum atomic E-state index is 13.8. The normalized spacial score (nSPS) is 15.2. The molecule has 6 nitrogen and oxygen atoms in total. The summed E-state index contributed by atoms with van der Waals surface area (Å²) in [7, 11) is 0. The van der Waals surface area contributed by atoms with Crippen LogP contribution >= 0.6 is 0 Å². The minimum absolute atomic E-state index is 0.0308. The van der Waals surface area contributed by atoms with Gasteiger partial charge in [-0.25, -0.2) is 4.90 Å². The van der Waals surface area contributed by atoms with E-state index in [-0.39, 0.29) is 17.9 Å². The third-order valence-electron chi connectivity index (χ3n) is 5.99. The Morgan fingerprint density at radius 1 is 0.912 bits per heavy atom. The van der Waals surface area contributed by atoms with Crippen molar-refractivity contribution in [2.24, 2.45) is 0 Å². The van der Waals surface area contributed by atoms with Gasteiger partial charge in [0.15, 0.2) is 0 Å². The van der Waals surface area contributed by atoms with Crippen LogP contribution in [-0.2, 0) is 16.0 Å². The molecule has 0 radical (unpaired) electrons. The number of fused-ring (bicyclic) bond motifs is 1. The van der Waals surface area contributed by atoms with Crippen molar-refractivity contribution in [1.29, 1.82) is 5.26 Å². The zero-order valence-corrected chi connectivity index (χ0v) is 19.0. The molecule has 5 rings (SSSR count). The molecule has 0 fully saturated rings. The number of para-hydroxylation sites is 1. The van der Waals surface area contributed by atoms with Gasteiger partial charge in [0.25, 0.3) is 11.8 Å². The molecule has 0 N–H and O–H groups in total. The number of ether oxygens (including phenoxy) is 1. The van der Waals surface area contributed by atoms with E-state index in [0.717, 1.165) is 17.7 Å². The number of anilines is 2. The summed E-state index contributed by atoms with van der Waals surface area (Å²) in [6, 6.07) is 23.8. The summed E-state index contributed by atoms with van der Waals surface area (Å²) in [4.78, 5) is 30.7. The predicted molar refractivity (Wildman–Crippen MR) is 130 cm³/mol. The molecule has 0 unspecified atom stereocenters. The van der Waals surface area contributed by atoms with Crippen LogP contribution in [0.5, 0.6) is 5.75 Å². The van der Waals surface area contributed by atoms with Crippen molar-refractivity contribution >= 4 is 28.8 Å². The third kappa shape index (κ3) is 3.61. The monoisotopic (exact) mass is 449 g/mol. The SMILES string of the molecule is CC(C)Oc1ccc(C2=C(N3CCc4ccccc43)C(=O)N(c3ccc(C#N)cc3)C2=O)cc1. The van der Waals surface area contributed by atoms with E-state index < -0.39 is 0 Å². The Morgan fingerprint density at radius 2 is 1.62 bits per heavy atom. The van der Waals surface area contributed by atoms with Gasteiger partial charge in [-0.1, -0.05) is 30.3 Å². The molecule has 168 valence electrons. The number of carbonyl (C=O) groups is 2. The second kappa shape index (κ2) is 8.53. The summed E-state index contributed by atoms with van der Waals surface area (Å²) < 4.78 is 5.75. The van der Waals surface area contributed by atoms with Gasteiger partial charge in [0.05, 0.1) is 29.0 Å². The number of nitriles is 1. The van der Waals surface area contributed by atoms with Crippen LogP contribution in [0.4, 0.5) is 11.4 Å². The number of amides is 2. The Labute approximate surface area is 198 Å². The van der Waals surface area contributed by atoms with Crippen molar-refractivity contribution in [1.82, 2.24) is 0 Å². The topological polar surface area (TPSA) is 73.6 Å². The third-order valence-corrected chi connectivity index (χ3v) is 5.99. The van der Waals surface area contributed by atoms with Gasteiger partial charge in [-0.15, -0.1) is 0 Å². The molecule has 2 heterocycles. The van der Waals surface area contributed by atoms with Gasteiger partial charge < -0.3 is 9.64 Å². The molecule has 0 bridgehead atoms. The van der Waals surface area contributed by atoms with Crippen molar-refractivity contribution in [3.05, 3.63) is 95.2 Å². The zero-order valence-electron chi connectivity index (χ0n) is 19.0. The molecule has 0 saturated carbocycles. The molecule has 2 aliphatic rings. The Hall–Kier alpha value is -4.37. The number of carbonyl (C=O) groups excluding carboxylic acids is 2. The highest BCUT2D eigenvalue weighted by molar-refractivity contribution is 6.46. The molecular weight excluding hydrogens is 426 g/mol. The van der Waals surface area contributed by atoms with Gasteiger partial charge in [-0.05, 0) is 73.9 Å². The average Bonchev–Trinajstić information content (AvgIpc) is 3.37. The van der Waals surface area contributed by atoms with Crippen LogP contribution in [0.15, 0.2) is 78.5 Å². The molecule has 0 aliphatic carbocycles. The number of rotatable bonds is 5. The summed E-state index contributed by atoms with van der Waals surface area (Å²) in [5.74, 6) is -0.0522. The van der Waals surface area contributed by atoms with E-state index in [1.807, 2.05) is 67.3 Å². The molecule has 0 spiro atoms. The van der Waals surface area contributed by atoms with E-state index in [2.05, 4.69) is 6.07 Å². The second-order valence-electron chi connectivity index (χ2n) is 8.55. The molecule has 3 aromatic rings. The molecule has 3 aromatic carbocycles. The quantitative estimate of drug-likeness (QED) is 0.528. The summed E-state index contributed by atoms with van der Waals surface area (Å²) in [5, 5.41) is 9.12. The maximum Gasteiger partial charge on any atom is 0.282 e. The van der Waals surface area contributed by atoms with Crippen LogP contribution in [0.25, 0.3) is 5.57 Å². The fourth-order valence-corrected chi connectivity index (χ4v) is 4.49. The number of nitrogens with zero attached hydrogens (tertiary/aromatic N) is 3. The van der Waals surface area contributed by atoms with E-state index in [1.165, 1.54) is 4.90 Å². The largest absolute Gasteiger partial charge is 0.491 e. The van der Waals surface area contributed by atoms with Gasteiger partial charge in [0.1, 0.15) is 11.4 Å². The van der Waals surface area contributed by atoms with E-state index >= 15 is 0 Å². The molecule has 0 atom stereocenters. The van der Waals surface area contributed by atoms with Gasteiger partial charge in [-0.2, -0.15) is 5.26 Å². The number of imide groups is 1. The Balaban J connectivity index is 1.62. The lowest BCUT2D eigenvalue weighted by Crippen LogP contribution is -2.34. The van der Waals surface area contributed by atoms with Crippen molar-refractivity contribution in [3.63, 3.8) is 0 Å². The van der Waals surface area contributed by atoms with Crippen molar-refractivity contribution < 1.29 is 14.3 Å². The number of benzene rings is 3. The fraction of sp³-hybridized carbons (Fsp3) is 0.179. The van der Waals surface area contributed by atoms with Crippen molar-refractivity contribution in [3.8, 4) is 11.8 Å². The predicted octanol–water partition coefficient (Wildman–Crippen LogP) is 4.69. The molecule has 2 amide bonds. The first-order valence-electron chi connectivity index (χ1n) is 11.2. The van der Waals surface area contributed by atoms with Gasteiger partial charge in [-0.3, -0.25) is 9.59 Å². The van der Waals surface area contributed by atoms with Crippen molar-refractivity contribution in [2.45, 2.75) is 26.4 Å². The van der Waals surface area contributed by atoms with E-state index in [0.29, 0.717) is 40.4 Å². The minimum Gasteiger partial charge on any atom is -0.491 e. The molecule has 34 heavy (non-hydrogen) atoms. The first-order chi connectivity index (χ1) is 16.5. The van der Waals surface area contributed by atoms with Crippen LogP contribution in [0.1, 0.15) is 30.5 Å². The van der Waals surface area contributed by atoms with E-state index in [1.54, 1.807) is 24.3 Å². The molecular formula is C28H23N3O3. The molecule has 0 saturated heterocycles. The molecule has 6 heteroatoms. The smallest absolute Gasteiger partial charge is 0.282 e. The lowest BCUT2D eigenvalue weighted by molar-refractivity contribution is -0.120. The lowest BCUT2D eigenvalue weighted by Gasteiger charge is -2.22. The van der Waals surface area contributed by atoms with E-state index in [9.17, 15) is 9.59 Å². The van der Waals surface area contributed by atoms with Crippen LogP contribution in [-0.4, -0.2) is 24.5 Å². The van der Waals surface area contributed by atoms with Crippen LogP contribution in [0, 0.1) is 11.3 Å². The highest BCUT2D eigenvalue weighted by atomic mass is 16.5. The average molecular weight is 450 g/mol. The highest BCUT2D eigenvalue weighted by Crippen LogP contribution is 2.40. The van der Waals surface area contributed by atoms with Crippen LogP contribution in [0.2, 0.25) is 0 Å². The maximum absolute atomic E-state index is 13.8. The second-order valence-corrected chi connectivity index (χ2v) is 8.55. The Morgan fingerprint density at radius 3 is 2.29 bits per heavy atom. The van der Waals surface area contributed by atoms with Gasteiger partial charge >= 0.3 is 0 Å². The Kier molecular flexibility index (Phi) is 5.39. The zero-order chi connectivity index (χ0) is 23.8. The summed E-state index contributed by atoms with van der Waals surface area (Å²) >= 11 is 0. The Bertz CT molecular complexity index is 1350. The minimum atomic E-state index is -0.383. The van der Waals surface area contributed by atoms with Crippen LogP contribution < -0.4 is 14.5 Å². The summed E-state index contributed by atoms with van der Waals surface area (Å²) in [6.45, 7) is 4.52. The van der Waals surface area contributed by atoms with Crippen molar-refractivity contribution in [2.75, 3.05) is 16.3 Å². The van der Waals surface area contributed by atoms with Gasteiger partial charge in [0, 0.05) is 12.2 Å². The molecule has 2 aliphatic heterocycles. The van der Waals surface area contributed by atoms with Gasteiger partial charge in [0.2, 0.25) is 0 Å². The highest BCUT2D eigenvalue weighted by Gasteiger charge is 2.44.